The summed E-state index contributed by atoms with van der Waals surface area (Å²) in [5, 5.41) is 5.95. The van der Waals surface area contributed by atoms with Crippen LogP contribution >= 0.6 is 11.6 Å². The van der Waals surface area contributed by atoms with E-state index in [0.717, 1.165) is 23.6 Å². The molecule has 3 rings (SSSR count). The van der Waals surface area contributed by atoms with Gasteiger partial charge in [-0.2, -0.15) is 0 Å². The maximum Gasteiger partial charge on any atom is 0.412 e. The van der Waals surface area contributed by atoms with Crippen molar-refractivity contribution in [2.45, 2.75) is 45.7 Å². The summed E-state index contributed by atoms with van der Waals surface area (Å²) in [6.45, 7) is 3.57. The normalized spacial score (nSPS) is 11.8. The number of ether oxygens (including phenoxy) is 1. The van der Waals surface area contributed by atoms with Crippen LogP contribution < -0.4 is 10.7 Å². The molecule has 0 saturated heterocycles. The minimum absolute atomic E-state index is 0.00197. The number of carbonyl (C=O) groups excluding carboxylic acids is 2. The van der Waals surface area contributed by atoms with Gasteiger partial charge in [0.05, 0.1) is 11.1 Å². The number of unbranched alkanes of at least 4 members (excludes halogenated alkanes) is 1. The number of hydrazine groups is 1. The van der Waals surface area contributed by atoms with Crippen LogP contribution in [0.2, 0.25) is 5.02 Å². The number of hydrogen-bond acceptors (Lipinski definition) is 5. The third kappa shape index (κ3) is 6.88. The molecule has 0 fully saturated rings. The van der Waals surface area contributed by atoms with Gasteiger partial charge < -0.3 is 4.74 Å². The number of rotatable bonds is 10. The second-order valence-electron chi connectivity index (χ2n) is 7.87. The molecule has 180 valence electrons. The zero-order chi connectivity index (χ0) is 24.5. The highest BCUT2D eigenvalue weighted by Crippen LogP contribution is 2.20. The first-order valence-corrected chi connectivity index (χ1v) is 11.5. The van der Waals surface area contributed by atoms with Gasteiger partial charge in [-0.1, -0.05) is 67.8 Å². The zero-order valence-electron chi connectivity index (χ0n) is 19.2. The van der Waals surface area contributed by atoms with Crippen molar-refractivity contribution < 1.29 is 18.7 Å². The van der Waals surface area contributed by atoms with Crippen molar-refractivity contribution >= 4 is 40.2 Å². The van der Waals surface area contributed by atoms with Crippen LogP contribution in [0.5, 0.6) is 0 Å². The maximum atomic E-state index is 13.8. The number of pyridine rings is 1. The molecule has 0 saturated carbocycles. The lowest BCUT2D eigenvalue weighted by molar-refractivity contribution is -0.136. The van der Waals surface area contributed by atoms with E-state index in [1.54, 1.807) is 24.4 Å². The fraction of sp³-hybridized carbons (Fsp3) is 0.320. The summed E-state index contributed by atoms with van der Waals surface area (Å²) < 4.78 is 19.2. The summed E-state index contributed by atoms with van der Waals surface area (Å²) >= 11 is 6.03. The predicted octanol–water partition coefficient (Wildman–Crippen LogP) is 5.69. The summed E-state index contributed by atoms with van der Waals surface area (Å²) in [6, 6.07) is 13.5. The average molecular weight is 487 g/mol. The number of amides is 2. The molecule has 3 aromatic rings. The third-order valence-electron chi connectivity index (χ3n) is 5.33. The number of anilines is 1. The van der Waals surface area contributed by atoms with Gasteiger partial charge in [-0.3, -0.25) is 15.1 Å². The van der Waals surface area contributed by atoms with Crippen molar-refractivity contribution in [3.8, 4) is 0 Å². The molecule has 1 aromatic heterocycles. The molecular formula is C25H28ClFN4O3. The SMILES string of the molecule is CCCC[C@@H](COC(=O)Nc1cc2ccccc2cn1)N(NCc1cccc(F)c1Cl)C(C)=O. The molecule has 0 spiro atoms. The van der Waals surface area contributed by atoms with Gasteiger partial charge in [0.15, 0.2) is 0 Å². The monoisotopic (exact) mass is 486 g/mol. The smallest absolute Gasteiger partial charge is 0.412 e. The van der Waals surface area contributed by atoms with Crippen LogP contribution in [0, 0.1) is 5.82 Å². The largest absolute Gasteiger partial charge is 0.447 e. The molecule has 2 N–H and O–H groups in total. The maximum absolute atomic E-state index is 13.8. The molecule has 1 heterocycles. The van der Waals surface area contributed by atoms with Crippen molar-refractivity contribution in [2.75, 3.05) is 11.9 Å². The highest BCUT2D eigenvalue weighted by atomic mass is 35.5. The van der Waals surface area contributed by atoms with Crippen LogP contribution in [0.15, 0.2) is 54.7 Å². The predicted molar refractivity (Wildman–Crippen MR) is 131 cm³/mol. The van der Waals surface area contributed by atoms with E-state index in [4.69, 9.17) is 16.3 Å². The van der Waals surface area contributed by atoms with Crippen molar-refractivity contribution in [1.29, 1.82) is 0 Å². The van der Waals surface area contributed by atoms with Crippen LogP contribution in [-0.4, -0.2) is 34.6 Å². The van der Waals surface area contributed by atoms with E-state index >= 15 is 0 Å². The Morgan fingerprint density at radius 3 is 2.68 bits per heavy atom. The molecule has 0 aliphatic rings. The van der Waals surface area contributed by atoms with E-state index in [0.29, 0.717) is 17.8 Å². The Bertz CT molecular complexity index is 1140. The minimum Gasteiger partial charge on any atom is -0.447 e. The number of nitrogens with zero attached hydrogens (tertiary/aromatic N) is 2. The molecule has 0 radical (unpaired) electrons. The Labute approximate surface area is 203 Å². The standard InChI is InChI=1S/C25H28ClFN4O3/c1-3-4-11-21(31(17(2)32)29-15-20-10-7-12-22(27)24(20)26)16-34-25(33)30-23-13-18-8-5-6-9-19(18)14-28-23/h5-10,12-14,21,29H,3-4,11,15-16H2,1-2H3,(H,28,30,33)/t21-/m0/s1. The van der Waals surface area contributed by atoms with Gasteiger partial charge in [-0.05, 0) is 29.5 Å². The molecule has 0 aliphatic heterocycles. The van der Waals surface area contributed by atoms with E-state index in [-0.39, 0.29) is 24.1 Å². The lowest BCUT2D eigenvalue weighted by Gasteiger charge is -2.31. The van der Waals surface area contributed by atoms with Crippen LogP contribution in [0.3, 0.4) is 0 Å². The number of benzene rings is 2. The first-order valence-electron chi connectivity index (χ1n) is 11.1. The van der Waals surface area contributed by atoms with E-state index in [2.05, 4.69) is 15.7 Å². The molecule has 0 bridgehead atoms. The molecule has 2 aromatic carbocycles. The van der Waals surface area contributed by atoms with E-state index < -0.39 is 18.0 Å². The fourth-order valence-corrected chi connectivity index (χ4v) is 3.74. The Morgan fingerprint density at radius 2 is 1.94 bits per heavy atom. The van der Waals surface area contributed by atoms with Gasteiger partial charge in [0.1, 0.15) is 18.2 Å². The Hall–Kier alpha value is -3.23. The first-order chi connectivity index (χ1) is 16.4. The molecule has 0 unspecified atom stereocenters. The summed E-state index contributed by atoms with van der Waals surface area (Å²) in [7, 11) is 0. The molecule has 7 nitrogen and oxygen atoms in total. The highest BCUT2D eigenvalue weighted by molar-refractivity contribution is 6.31. The number of hydrogen-bond donors (Lipinski definition) is 2. The molecule has 2 amide bonds. The van der Waals surface area contributed by atoms with Crippen LogP contribution in [-0.2, 0) is 16.1 Å². The fourth-order valence-electron chi connectivity index (χ4n) is 3.54. The van der Waals surface area contributed by atoms with Crippen molar-refractivity contribution in [2.24, 2.45) is 0 Å². The number of fused-ring (bicyclic) bond motifs is 1. The van der Waals surface area contributed by atoms with Gasteiger partial charge in [0.25, 0.3) is 0 Å². The lowest BCUT2D eigenvalue weighted by Crippen LogP contribution is -2.50. The number of carbonyl (C=O) groups is 2. The topological polar surface area (TPSA) is 83.6 Å². The second-order valence-corrected chi connectivity index (χ2v) is 8.25. The summed E-state index contributed by atoms with van der Waals surface area (Å²) in [5.41, 5.74) is 3.53. The molecule has 9 heteroatoms. The number of halogens is 2. The zero-order valence-corrected chi connectivity index (χ0v) is 19.9. The third-order valence-corrected chi connectivity index (χ3v) is 5.76. The quantitative estimate of drug-likeness (QED) is 0.360. The Balaban J connectivity index is 1.64. The Kier molecular flexibility index (Phi) is 9.18. The van der Waals surface area contributed by atoms with Crippen molar-refractivity contribution in [1.82, 2.24) is 15.4 Å². The van der Waals surface area contributed by atoms with Crippen molar-refractivity contribution in [3.63, 3.8) is 0 Å². The van der Waals surface area contributed by atoms with Gasteiger partial charge in [-0.15, -0.1) is 0 Å². The number of nitrogens with one attached hydrogen (secondary N) is 2. The van der Waals surface area contributed by atoms with Crippen LogP contribution in [0.1, 0.15) is 38.7 Å². The van der Waals surface area contributed by atoms with Gasteiger partial charge in [0.2, 0.25) is 5.91 Å². The molecule has 0 aliphatic carbocycles. The molecule has 1 atom stereocenters. The van der Waals surface area contributed by atoms with Gasteiger partial charge in [0, 0.05) is 25.1 Å². The number of aromatic nitrogens is 1. The van der Waals surface area contributed by atoms with Crippen LogP contribution in [0.25, 0.3) is 10.8 Å². The van der Waals surface area contributed by atoms with Crippen molar-refractivity contribution in [3.05, 3.63) is 71.1 Å². The summed E-state index contributed by atoms with van der Waals surface area (Å²) in [5.74, 6) is -0.412. The van der Waals surface area contributed by atoms with E-state index in [1.807, 2.05) is 31.2 Å². The van der Waals surface area contributed by atoms with Gasteiger partial charge >= 0.3 is 6.09 Å². The minimum atomic E-state index is -0.666. The van der Waals surface area contributed by atoms with Crippen LogP contribution in [0.4, 0.5) is 15.0 Å². The van der Waals surface area contributed by atoms with E-state index in [1.165, 1.54) is 18.0 Å². The summed E-state index contributed by atoms with van der Waals surface area (Å²) in [6.07, 6.45) is 3.36. The van der Waals surface area contributed by atoms with Gasteiger partial charge in [-0.25, -0.2) is 19.6 Å². The first kappa shape index (κ1) is 25.4. The highest BCUT2D eigenvalue weighted by Gasteiger charge is 2.23. The summed E-state index contributed by atoms with van der Waals surface area (Å²) in [4.78, 5) is 29.0. The average Bonchev–Trinajstić information content (AvgIpc) is 2.82. The molecular weight excluding hydrogens is 459 g/mol. The van der Waals surface area contributed by atoms with E-state index in [9.17, 15) is 14.0 Å². The second kappa shape index (κ2) is 12.3. The Morgan fingerprint density at radius 1 is 1.18 bits per heavy atom. The lowest BCUT2D eigenvalue weighted by atomic mass is 10.1. The molecule has 34 heavy (non-hydrogen) atoms.